The zero-order chi connectivity index (χ0) is 18.5. The van der Waals surface area contributed by atoms with E-state index in [1.165, 1.54) is 15.1 Å². The first kappa shape index (κ1) is 17.6. The lowest BCUT2D eigenvalue weighted by Crippen LogP contribution is -2.33. The first-order chi connectivity index (χ1) is 12.4. The Morgan fingerprint density at radius 2 is 1.88 bits per heavy atom. The minimum absolute atomic E-state index is 0.128. The fourth-order valence-corrected chi connectivity index (χ4v) is 5.69. The van der Waals surface area contributed by atoms with Gasteiger partial charge in [0, 0.05) is 17.6 Å². The van der Waals surface area contributed by atoms with Gasteiger partial charge in [0.15, 0.2) is 0 Å². The number of fused-ring (bicyclic) bond motifs is 3. The monoisotopic (exact) mass is 388 g/mol. The summed E-state index contributed by atoms with van der Waals surface area (Å²) in [5.74, 6) is 0. The summed E-state index contributed by atoms with van der Waals surface area (Å²) < 4.78 is 27.6. The molecule has 1 heterocycles. The molecule has 0 saturated carbocycles. The first-order valence-electron chi connectivity index (χ1n) is 8.68. The number of aromatic nitrogens is 1. The highest BCUT2D eigenvalue weighted by atomic mass is 35.5. The smallest absolute Gasteiger partial charge is 0.269 e. The molecule has 0 N–H and O–H groups in total. The fourth-order valence-electron chi connectivity index (χ4n) is 3.84. The Hall–Kier alpha value is -1.82. The van der Waals surface area contributed by atoms with E-state index in [9.17, 15) is 8.42 Å². The third-order valence-electron chi connectivity index (χ3n) is 5.34. The van der Waals surface area contributed by atoms with Gasteiger partial charge in [0.25, 0.3) is 10.0 Å². The Balaban J connectivity index is 1.87. The van der Waals surface area contributed by atoms with Gasteiger partial charge in [-0.05, 0) is 68.8 Å². The summed E-state index contributed by atoms with van der Waals surface area (Å²) in [6, 6.07) is 13.0. The van der Waals surface area contributed by atoms with Gasteiger partial charge in [-0.25, -0.2) is 12.4 Å². The molecule has 1 aliphatic rings. The van der Waals surface area contributed by atoms with Crippen molar-refractivity contribution in [3.8, 4) is 0 Å². The molecule has 0 fully saturated rings. The Labute approximate surface area is 159 Å². The van der Waals surface area contributed by atoms with E-state index < -0.39 is 10.0 Å². The van der Waals surface area contributed by atoms with Crippen molar-refractivity contribution in [2.75, 3.05) is 14.1 Å². The van der Waals surface area contributed by atoms with Crippen molar-refractivity contribution in [3.05, 3.63) is 64.8 Å². The van der Waals surface area contributed by atoms with Gasteiger partial charge >= 0.3 is 0 Å². The zero-order valence-electron chi connectivity index (χ0n) is 14.8. The van der Waals surface area contributed by atoms with Gasteiger partial charge in [0.1, 0.15) is 4.90 Å². The van der Waals surface area contributed by atoms with Crippen LogP contribution in [0.15, 0.2) is 53.6 Å². The van der Waals surface area contributed by atoms with Gasteiger partial charge in [-0.2, -0.15) is 0 Å². The Morgan fingerprint density at radius 1 is 1.12 bits per heavy atom. The molecule has 6 heteroatoms. The summed E-state index contributed by atoms with van der Waals surface area (Å²) in [6.45, 7) is 0. The minimum Gasteiger partial charge on any atom is -0.306 e. The van der Waals surface area contributed by atoms with E-state index in [4.69, 9.17) is 11.6 Å². The number of nitrogens with zero attached hydrogens (tertiary/aromatic N) is 2. The van der Waals surface area contributed by atoms with E-state index in [1.807, 2.05) is 12.1 Å². The molecule has 0 saturated heterocycles. The second-order valence-corrected chi connectivity index (χ2v) is 9.23. The van der Waals surface area contributed by atoms with Crippen LogP contribution in [0.4, 0.5) is 0 Å². The van der Waals surface area contributed by atoms with Crippen LogP contribution in [0.2, 0.25) is 5.02 Å². The fraction of sp³-hybridized carbons (Fsp3) is 0.300. The average Bonchev–Trinajstić information content (AvgIpc) is 3.06. The third kappa shape index (κ3) is 2.75. The van der Waals surface area contributed by atoms with Crippen LogP contribution < -0.4 is 0 Å². The second kappa shape index (κ2) is 6.41. The van der Waals surface area contributed by atoms with Crippen LogP contribution in [0.3, 0.4) is 0 Å². The van der Waals surface area contributed by atoms with Gasteiger partial charge in [-0.1, -0.05) is 29.8 Å². The van der Waals surface area contributed by atoms with Crippen molar-refractivity contribution in [2.24, 2.45) is 0 Å². The molecule has 1 atom stereocenters. The molecule has 136 valence electrons. The van der Waals surface area contributed by atoms with Gasteiger partial charge in [0.2, 0.25) is 0 Å². The van der Waals surface area contributed by atoms with E-state index in [2.05, 4.69) is 25.1 Å². The molecular formula is C20H21ClN2O2S. The van der Waals surface area contributed by atoms with Crippen LogP contribution in [0, 0.1) is 0 Å². The molecule has 1 unspecified atom stereocenters. The Morgan fingerprint density at radius 3 is 2.62 bits per heavy atom. The lowest BCUT2D eigenvalue weighted by Gasteiger charge is -2.30. The highest BCUT2D eigenvalue weighted by molar-refractivity contribution is 7.90. The number of halogens is 1. The predicted octanol–water partition coefficient (Wildman–Crippen LogP) is 3.95. The van der Waals surface area contributed by atoms with Crippen LogP contribution in [-0.2, 0) is 22.9 Å². The molecule has 4 rings (SSSR count). The number of hydrogen-bond acceptors (Lipinski definition) is 3. The van der Waals surface area contributed by atoms with Crippen molar-refractivity contribution in [1.29, 1.82) is 0 Å². The van der Waals surface area contributed by atoms with Crippen LogP contribution in [-0.4, -0.2) is 37.4 Å². The van der Waals surface area contributed by atoms with Gasteiger partial charge < -0.3 is 4.90 Å². The van der Waals surface area contributed by atoms with Gasteiger partial charge in [-0.3, -0.25) is 0 Å². The largest absolute Gasteiger partial charge is 0.306 e. The van der Waals surface area contributed by atoms with E-state index in [0.717, 1.165) is 24.6 Å². The topological polar surface area (TPSA) is 42.3 Å². The summed E-state index contributed by atoms with van der Waals surface area (Å²) in [7, 11) is 0.465. The predicted molar refractivity (Wildman–Crippen MR) is 105 cm³/mol. The number of hydrogen-bond donors (Lipinski definition) is 0. The van der Waals surface area contributed by atoms with E-state index in [-0.39, 0.29) is 9.92 Å². The number of benzene rings is 2. The Kier molecular flexibility index (Phi) is 4.34. The SMILES string of the molecule is CN(C)C1CCc2ccc3c(ccn3S(=O)(=O)c3ccccc3Cl)c2C1. The highest BCUT2D eigenvalue weighted by Gasteiger charge is 2.26. The van der Waals surface area contributed by atoms with Crippen LogP contribution in [0.5, 0.6) is 0 Å². The number of likely N-dealkylation sites (N-methyl/N-ethyl adjacent to an activating group) is 1. The molecule has 0 radical (unpaired) electrons. The maximum Gasteiger partial charge on any atom is 0.269 e. The third-order valence-corrected chi connectivity index (χ3v) is 7.53. The van der Waals surface area contributed by atoms with Crippen molar-refractivity contribution < 1.29 is 8.42 Å². The van der Waals surface area contributed by atoms with E-state index >= 15 is 0 Å². The molecule has 26 heavy (non-hydrogen) atoms. The Bertz CT molecular complexity index is 1090. The van der Waals surface area contributed by atoms with Crippen LogP contribution in [0.1, 0.15) is 17.5 Å². The molecule has 4 nitrogen and oxygen atoms in total. The van der Waals surface area contributed by atoms with Crippen molar-refractivity contribution in [2.45, 2.75) is 30.2 Å². The molecule has 1 aliphatic carbocycles. The van der Waals surface area contributed by atoms with Crippen LogP contribution in [0.25, 0.3) is 10.9 Å². The van der Waals surface area contributed by atoms with Crippen molar-refractivity contribution >= 4 is 32.5 Å². The lowest BCUT2D eigenvalue weighted by atomic mass is 9.86. The maximum atomic E-state index is 13.1. The molecule has 2 aromatic carbocycles. The van der Waals surface area contributed by atoms with Crippen molar-refractivity contribution in [1.82, 2.24) is 8.87 Å². The summed E-state index contributed by atoms with van der Waals surface area (Å²) >= 11 is 6.15. The molecule has 0 amide bonds. The van der Waals surface area contributed by atoms with Gasteiger partial charge in [-0.15, -0.1) is 0 Å². The summed E-state index contributed by atoms with van der Waals surface area (Å²) in [4.78, 5) is 2.38. The lowest BCUT2D eigenvalue weighted by molar-refractivity contribution is 0.269. The first-order valence-corrected chi connectivity index (χ1v) is 10.5. The molecular weight excluding hydrogens is 368 g/mol. The summed E-state index contributed by atoms with van der Waals surface area (Å²) in [5, 5.41) is 1.25. The quantitative estimate of drug-likeness (QED) is 0.682. The molecule has 0 spiro atoms. The minimum atomic E-state index is -3.74. The highest BCUT2D eigenvalue weighted by Crippen LogP contribution is 2.33. The number of rotatable bonds is 3. The second-order valence-electron chi connectivity index (χ2n) is 7.04. The average molecular weight is 389 g/mol. The van der Waals surface area contributed by atoms with Crippen LogP contribution >= 0.6 is 11.6 Å². The van der Waals surface area contributed by atoms with E-state index in [1.54, 1.807) is 30.5 Å². The normalized spacial score (nSPS) is 17.6. The number of aryl methyl sites for hydroxylation is 1. The maximum absolute atomic E-state index is 13.1. The summed E-state index contributed by atoms with van der Waals surface area (Å²) in [6.07, 6.45) is 4.74. The van der Waals surface area contributed by atoms with Crippen molar-refractivity contribution in [3.63, 3.8) is 0 Å². The molecule has 0 bridgehead atoms. The van der Waals surface area contributed by atoms with Gasteiger partial charge in [0.05, 0.1) is 10.5 Å². The molecule has 1 aromatic heterocycles. The zero-order valence-corrected chi connectivity index (χ0v) is 16.4. The molecule has 3 aromatic rings. The summed E-state index contributed by atoms with van der Waals surface area (Å²) in [5.41, 5.74) is 3.30. The molecule has 0 aliphatic heterocycles. The standard InChI is InChI=1S/C20H21ClN2O2S/c1-22(2)15-9-7-14-8-10-19-16(17(14)13-15)11-12-23(19)26(24,25)20-6-4-3-5-18(20)21/h3-6,8,10-12,15H,7,9,13H2,1-2H3. The van der Waals surface area contributed by atoms with E-state index in [0.29, 0.717) is 11.6 Å².